The molecule has 2 unspecified atom stereocenters. The Morgan fingerprint density at radius 3 is 2.78 bits per heavy atom. The van der Waals surface area contributed by atoms with Gasteiger partial charge in [-0.25, -0.2) is 8.42 Å². The van der Waals surface area contributed by atoms with Crippen LogP contribution in [0.25, 0.3) is 10.9 Å². The van der Waals surface area contributed by atoms with E-state index in [9.17, 15) is 8.42 Å². The van der Waals surface area contributed by atoms with Gasteiger partial charge >= 0.3 is 0 Å². The molecular weight excluding hydrogens is 405 g/mol. The Kier molecular flexibility index (Phi) is 4.50. The van der Waals surface area contributed by atoms with E-state index in [2.05, 4.69) is 21.9 Å². The lowest BCUT2D eigenvalue weighted by Crippen LogP contribution is -2.32. The second-order valence-electron chi connectivity index (χ2n) is 7.14. The fourth-order valence-electron chi connectivity index (χ4n) is 4.42. The Bertz CT molecular complexity index is 1160. The normalized spacial score (nSPS) is 21.1. The van der Waals surface area contributed by atoms with E-state index in [1.807, 2.05) is 12.1 Å². The van der Waals surface area contributed by atoms with Crippen LogP contribution in [0.15, 0.2) is 46.5 Å². The SMILES string of the molecule is Cl.Cn1c2c(c3cc(S(=O)(=O)c4cncc(Cl)c4)ccc31)C1CCC(C2)N1. The standard InChI is InChI=1S/C19H18ClN3O2S.ClH/c1-23-17-5-3-13(26(24,25)14-6-11(20)9-21-10-14)8-15(17)19-16-4-2-12(22-16)7-18(19)23;/h3,5-6,8-10,12,16,22H,2,4,7H2,1H3;1H. The van der Waals surface area contributed by atoms with Crippen LogP contribution in [0.5, 0.6) is 0 Å². The van der Waals surface area contributed by atoms with E-state index in [-0.39, 0.29) is 22.2 Å². The quantitative estimate of drug-likeness (QED) is 0.679. The molecule has 1 N–H and O–H groups in total. The predicted molar refractivity (Wildman–Crippen MR) is 107 cm³/mol. The molecule has 0 radical (unpaired) electrons. The van der Waals surface area contributed by atoms with Crippen LogP contribution in [0.4, 0.5) is 0 Å². The first-order valence-corrected chi connectivity index (χ1v) is 10.5. The molecule has 1 saturated heterocycles. The Balaban J connectivity index is 0.00000180. The van der Waals surface area contributed by atoms with Gasteiger partial charge in [0.25, 0.3) is 0 Å². The summed E-state index contributed by atoms with van der Waals surface area (Å²) in [5, 5.41) is 4.99. The second kappa shape index (κ2) is 6.48. The number of benzene rings is 1. The van der Waals surface area contributed by atoms with Crippen LogP contribution in [0.1, 0.15) is 30.1 Å². The van der Waals surface area contributed by atoms with E-state index >= 15 is 0 Å². The number of sulfone groups is 1. The van der Waals surface area contributed by atoms with Gasteiger partial charge in [0.15, 0.2) is 0 Å². The molecule has 0 spiro atoms. The highest BCUT2D eigenvalue weighted by molar-refractivity contribution is 7.91. The fraction of sp³-hybridized carbons (Fsp3) is 0.316. The van der Waals surface area contributed by atoms with Crippen molar-refractivity contribution < 1.29 is 8.42 Å². The maximum atomic E-state index is 13.0. The van der Waals surface area contributed by atoms with Gasteiger partial charge in [0, 0.05) is 54.5 Å². The van der Waals surface area contributed by atoms with Gasteiger partial charge < -0.3 is 9.88 Å². The van der Waals surface area contributed by atoms with Crippen LogP contribution < -0.4 is 5.32 Å². The highest BCUT2D eigenvalue weighted by Crippen LogP contribution is 2.42. The number of aromatic nitrogens is 2. The van der Waals surface area contributed by atoms with E-state index < -0.39 is 9.84 Å². The number of hydrogen-bond donors (Lipinski definition) is 1. The minimum absolute atomic E-state index is 0. The molecule has 5 rings (SSSR count). The van der Waals surface area contributed by atoms with Crippen molar-refractivity contribution in [1.82, 2.24) is 14.9 Å². The number of halogens is 2. The fourth-order valence-corrected chi connectivity index (χ4v) is 5.94. The molecule has 2 aliphatic rings. The van der Waals surface area contributed by atoms with Gasteiger partial charge in [-0.2, -0.15) is 0 Å². The van der Waals surface area contributed by atoms with Crippen molar-refractivity contribution in [3.63, 3.8) is 0 Å². The molecule has 2 bridgehead atoms. The Morgan fingerprint density at radius 2 is 2.00 bits per heavy atom. The third-order valence-corrected chi connectivity index (χ3v) is 7.59. The number of rotatable bonds is 2. The monoisotopic (exact) mass is 423 g/mol. The van der Waals surface area contributed by atoms with Crippen molar-refractivity contribution in [3.05, 3.63) is 52.9 Å². The molecule has 8 heteroatoms. The van der Waals surface area contributed by atoms with Gasteiger partial charge in [0.2, 0.25) is 9.84 Å². The molecule has 2 aromatic heterocycles. The molecule has 27 heavy (non-hydrogen) atoms. The first-order chi connectivity index (χ1) is 12.4. The zero-order chi connectivity index (χ0) is 18.1. The van der Waals surface area contributed by atoms with Gasteiger partial charge in [-0.3, -0.25) is 4.98 Å². The van der Waals surface area contributed by atoms with E-state index in [1.165, 1.54) is 36.1 Å². The second-order valence-corrected chi connectivity index (χ2v) is 9.52. The van der Waals surface area contributed by atoms with E-state index in [1.54, 1.807) is 6.07 Å². The lowest BCUT2D eigenvalue weighted by molar-refractivity contribution is 0.503. The maximum Gasteiger partial charge on any atom is 0.208 e. The van der Waals surface area contributed by atoms with E-state index in [4.69, 9.17) is 11.6 Å². The van der Waals surface area contributed by atoms with Crippen LogP contribution in [0.3, 0.4) is 0 Å². The van der Waals surface area contributed by atoms with Crippen LogP contribution in [0.2, 0.25) is 5.02 Å². The molecule has 0 amide bonds. The minimum atomic E-state index is -3.66. The van der Waals surface area contributed by atoms with Gasteiger partial charge in [0.1, 0.15) is 0 Å². The minimum Gasteiger partial charge on any atom is -0.347 e. The van der Waals surface area contributed by atoms with Crippen molar-refractivity contribution in [3.8, 4) is 0 Å². The van der Waals surface area contributed by atoms with Crippen molar-refractivity contribution >= 4 is 44.7 Å². The van der Waals surface area contributed by atoms with E-state index in [0.29, 0.717) is 17.1 Å². The average molecular weight is 424 g/mol. The van der Waals surface area contributed by atoms with Gasteiger partial charge in [0.05, 0.1) is 14.8 Å². The van der Waals surface area contributed by atoms with Crippen LogP contribution >= 0.6 is 24.0 Å². The molecule has 142 valence electrons. The first kappa shape index (κ1) is 18.7. The molecule has 2 atom stereocenters. The molecule has 5 nitrogen and oxygen atoms in total. The Hall–Kier alpha value is -1.60. The summed E-state index contributed by atoms with van der Waals surface area (Å²) in [6, 6.07) is 7.69. The molecule has 0 saturated carbocycles. The van der Waals surface area contributed by atoms with Crippen molar-refractivity contribution in [2.24, 2.45) is 7.05 Å². The number of nitrogens with one attached hydrogen (secondary N) is 1. The van der Waals surface area contributed by atoms with Crippen molar-refractivity contribution in [1.29, 1.82) is 0 Å². The van der Waals surface area contributed by atoms with Gasteiger partial charge in [-0.1, -0.05) is 11.6 Å². The summed E-state index contributed by atoms with van der Waals surface area (Å²) >= 11 is 5.94. The molecule has 2 aliphatic heterocycles. The summed E-state index contributed by atoms with van der Waals surface area (Å²) in [6.45, 7) is 0. The first-order valence-electron chi connectivity index (χ1n) is 8.68. The summed E-state index contributed by atoms with van der Waals surface area (Å²) in [5.41, 5.74) is 3.66. The van der Waals surface area contributed by atoms with Crippen molar-refractivity contribution in [2.75, 3.05) is 0 Å². The van der Waals surface area contributed by atoms with Crippen LogP contribution in [-0.4, -0.2) is 24.0 Å². The predicted octanol–water partition coefficient (Wildman–Crippen LogP) is 3.83. The molecule has 4 heterocycles. The van der Waals surface area contributed by atoms with Crippen LogP contribution in [-0.2, 0) is 23.3 Å². The molecular formula is C19H19Cl2N3O2S. The smallest absolute Gasteiger partial charge is 0.208 e. The zero-order valence-electron chi connectivity index (χ0n) is 14.6. The number of fused-ring (bicyclic) bond motifs is 6. The molecule has 1 fully saturated rings. The third-order valence-electron chi connectivity index (χ3n) is 5.66. The zero-order valence-corrected chi connectivity index (χ0v) is 17.0. The molecule has 3 aromatic rings. The summed E-state index contributed by atoms with van der Waals surface area (Å²) in [5.74, 6) is 0. The van der Waals surface area contributed by atoms with Gasteiger partial charge in [-0.15, -0.1) is 12.4 Å². The Morgan fingerprint density at radius 1 is 1.19 bits per heavy atom. The average Bonchev–Trinajstić information content (AvgIpc) is 3.14. The van der Waals surface area contributed by atoms with Crippen molar-refractivity contribution in [2.45, 2.75) is 41.1 Å². The summed E-state index contributed by atoms with van der Waals surface area (Å²) in [7, 11) is -1.59. The Labute approximate surface area is 169 Å². The largest absolute Gasteiger partial charge is 0.347 e. The summed E-state index contributed by atoms with van der Waals surface area (Å²) in [4.78, 5) is 4.32. The number of hydrogen-bond acceptors (Lipinski definition) is 4. The van der Waals surface area contributed by atoms with Crippen LogP contribution in [0, 0.1) is 0 Å². The lowest BCUT2D eigenvalue weighted by atomic mass is 9.99. The maximum absolute atomic E-state index is 13.0. The lowest BCUT2D eigenvalue weighted by Gasteiger charge is -2.23. The molecule has 1 aromatic carbocycles. The third kappa shape index (κ3) is 2.78. The topological polar surface area (TPSA) is 64.0 Å². The number of nitrogens with zero attached hydrogens (tertiary/aromatic N) is 2. The highest BCUT2D eigenvalue weighted by Gasteiger charge is 2.36. The summed E-state index contributed by atoms with van der Waals surface area (Å²) < 4.78 is 28.3. The highest BCUT2D eigenvalue weighted by atomic mass is 35.5. The van der Waals surface area contributed by atoms with Gasteiger partial charge in [-0.05, 0) is 42.7 Å². The number of pyridine rings is 1. The van der Waals surface area contributed by atoms with E-state index in [0.717, 1.165) is 23.7 Å². The number of aryl methyl sites for hydroxylation is 1. The summed E-state index contributed by atoms with van der Waals surface area (Å²) in [6.07, 6.45) is 6.05. The molecule has 0 aliphatic carbocycles.